The second-order valence-electron chi connectivity index (χ2n) is 7.50. The van der Waals surface area contributed by atoms with Crippen molar-refractivity contribution in [2.75, 3.05) is 5.32 Å². The first kappa shape index (κ1) is 22.1. The molecule has 1 N–H and O–H groups in total. The first-order chi connectivity index (χ1) is 13.9. The number of rotatable bonds is 4. The first-order valence-electron chi connectivity index (χ1n) is 9.34. The summed E-state index contributed by atoms with van der Waals surface area (Å²) in [5, 5.41) is 6.00. The van der Waals surface area contributed by atoms with Crippen LogP contribution in [-0.2, 0) is 12.7 Å². The maximum Gasteiger partial charge on any atom is 0.420 e. The largest absolute Gasteiger partial charge is 0.420 e. The van der Waals surface area contributed by atoms with Gasteiger partial charge in [0.15, 0.2) is 5.82 Å². The average molecular weight is 434 g/mol. The van der Waals surface area contributed by atoms with Gasteiger partial charge in [-0.3, -0.25) is 14.5 Å². The van der Waals surface area contributed by atoms with Crippen LogP contribution in [0.3, 0.4) is 0 Å². The molecule has 0 aliphatic heterocycles. The molecule has 0 aromatic carbocycles. The van der Waals surface area contributed by atoms with Crippen molar-refractivity contribution >= 4 is 11.6 Å². The predicted molar refractivity (Wildman–Crippen MR) is 95.8 cm³/mol. The minimum atomic E-state index is -4.87. The Morgan fingerprint density at radius 3 is 2.47 bits per heavy atom. The summed E-state index contributed by atoms with van der Waals surface area (Å²) in [6.07, 6.45) is -4.19. The van der Waals surface area contributed by atoms with Crippen LogP contribution in [-0.4, -0.2) is 26.6 Å². The van der Waals surface area contributed by atoms with Crippen molar-refractivity contribution in [3.05, 3.63) is 40.7 Å². The number of halogens is 6. The maximum absolute atomic E-state index is 14.2. The molecule has 30 heavy (non-hydrogen) atoms. The molecule has 0 radical (unpaired) electrons. The molecular formula is C19H20F6N4O. The Morgan fingerprint density at radius 1 is 1.23 bits per heavy atom. The van der Waals surface area contributed by atoms with Gasteiger partial charge < -0.3 is 5.32 Å². The summed E-state index contributed by atoms with van der Waals surface area (Å²) in [7, 11) is 0. The number of amides is 1. The fourth-order valence-corrected chi connectivity index (χ4v) is 3.64. The van der Waals surface area contributed by atoms with E-state index in [1.54, 1.807) is 0 Å². The Balaban J connectivity index is 1.94. The van der Waals surface area contributed by atoms with E-state index in [-0.39, 0.29) is 49.5 Å². The zero-order valence-electron chi connectivity index (χ0n) is 16.3. The molecule has 164 valence electrons. The van der Waals surface area contributed by atoms with Gasteiger partial charge in [0.05, 0.1) is 17.1 Å². The number of anilines is 1. The lowest BCUT2D eigenvalue weighted by Gasteiger charge is -2.28. The number of aromatic nitrogens is 3. The highest BCUT2D eigenvalue weighted by Gasteiger charge is 2.42. The smallest absolute Gasteiger partial charge is 0.318 e. The third kappa shape index (κ3) is 4.59. The summed E-state index contributed by atoms with van der Waals surface area (Å²) >= 11 is 0. The van der Waals surface area contributed by atoms with Crippen LogP contribution in [0, 0.1) is 25.6 Å². The molecule has 0 spiro atoms. The van der Waals surface area contributed by atoms with Gasteiger partial charge in [0, 0.05) is 25.6 Å². The number of carbonyl (C=O) groups excluding carboxylic acids is 1. The number of nitrogens with one attached hydrogen (secondary N) is 1. The summed E-state index contributed by atoms with van der Waals surface area (Å²) in [5.74, 6) is -5.19. The summed E-state index contributed by atoms with van der Waals surface area (Å²) in [6, 6.07) is 1.13. The van der Waals surface area contributed by atoms with Gasteiger partial charge in [0.2, 0.25) is 5.92 Å². The summed E-state index contributed by atoms with van der Waals surface area (Å²) < 4.78 is 82.7. The number of hydrogen-bond acceptors (Lipinski definition) is 3. The molecule has 5 nitrogen and oxygen atoms in total. The highest BCUT2D eigenvalue weighted by molar-refractivity contribution is 6.04. The normalized spacial score (nSPS) is 17.2. The summed E-state index contributed by atoms with van der Waals surface area (Å²) in [5.41, 5.74) is -2.77. The first-order valence-corrected chi connectivity index (χ1v) is 9.34. The van der Waals surface area contributed by atoms with E-state index in [4.69, 9.17) is 0 Å². The van der Waals surface area contributed by atoms with Gasteiger partial charge in [-0.05, 0) is 38.7 Å². The molecule has 1 amide bonds. The lowest BCUT2D eigenvalue weighted by atomic mass is 9.87. The van der Waals surface area contributed by atoms with Gasteiger partial charge in [0.1, 0.15) is 11.3 Å². The molecule has 1 fully saturated rings. The van der Waals surface area contributed by atoms with Gasteiger partial charge in [-0.2, -0.15) is 18.3 Å². The Hall–Kier alpha value is -2.59. The van der Waals surface area contributed by atoms with E-state index in [0.29, 0.717) is 0 Å². The summed E-state index contributed by atoms with van der Waals surface area (Å²) in [4.78, 5) is 16.4. The number of alkyl halides is 5. The van der Waals surface area contributed by atoms with E-state index >= 15 is 0 Å². The highest BCUT2D eigenvalue weighted by Crippen LogP contribution is 2.39. The van der Waals surface area contributed by atoms with Crippen molar-refractivity contribution in [2.24, 2.45) is 5.92 Å². The van der Waals surface area contributed by atoms with Crippen LogP contribution < -0.4 is 5.32 Å². The molecular weight excluding hydrogens is 414 g/mol. The van der Waals surface area contributed by atoms with Crippen molar-refractivity contribution in [2.45, 2.75) is 58.2 Å². The molecule has 3 rings (SSSR count). The fraction of sp³-hybridized carbons (Fsp3) is 0.526. The van der Waals surface area contributed by atoms with Crippen LogP contribution in [0.15, 0.2) is 12.3 Å². The maximum atomic E-state index is 14.2. The Morgan fingerprint density at radius 2 is 1.87 bits per heavy atom. The van der Waals surface area contributed by atoms with Crippen LogP contribution in [0.1, 0.15) is 53.1 Å². The average Bonchev–Trinajstić information content (AvgIpc) is 2.97. The molecule has 0 bridgehead atoms. The Bertz CT molecular complexity index is 943. The van der Waals surface area contributed by atoms with Crippen LogP contribution in [0.4, 0.5) is 32.0 Å². The van der Waals surface area contributed by atoms with Crippen LogP contribution in [0.25, 0.3) is 0 Å². The van der Waals surface area contributed by atoms with Crippen molar-refractivity contribution < 1.29 is 31.1 Å². The van der Waals surface area contributed by atoms with Crippen molar-refractivity contribution in [1.29, 1.82) is 0 Å². The second-order valence-corrected chi connectivity index (χ2v) is 7.50. The number of aryl methyl sites for hydroxylation is 2. The zero-order chi connectivity index (χ0) is 22.3. The molecule has 0 saturated heterocycles. The monoisotopic (exact) mass is 434 g/mol. The minimum Gasteiger partial charge on any atom is -0.318 e. The van der Waals surface area contributed by atoms with E-state index in [1.807, 2.05) is 0 Å². The fourth-order valence-electron chi connectivity index (χ4n) is 3.64. The van der Waals surface area contributed by atoms with E-state index in [9.17, 15) is 31.1 Å². The lowest BCUT2D eigenvalue weighted by molar-refractivity contribution is -0.138. The number of nitrogens with zero attached hydrogens (tertiary/aromatic N) is 3. The van der Waals surface area contributed by atoms with Crippen molar-refractivity contribution in [3.63, 3.8) is 0 Å². The molecule has 0 atom stereocenters. The standard InChI is InChI=1S/C19H20F6N4O/c1-10-14(19(23,24)25)16(17(30)27-13-5-8-26-11(2)15(13)20)29(28-10)9-12-3-6-18(21,22)7-4-12/h5,8,12H,3-4,6-7,9H2,1-2H3,(H,26,27,30). The van der Waals surface area contributed by atoms with Crippen molar-refractivity contribution in [1.82, 2.24) is 14.8 Å². The van der Waals surface area contributed by atoms with Crippen LogP contribution in [0.2, 0.25) is 0 Å². The van der Waals surface area contributed by atoms with Crippen molar-refractivity contribution in [3.8, 4) is 0 Å². The predicted octanol–water partition coefficient (Wildman–Crippen LogP) is 5.13. The van der Waals surface area contributed by atoms with Crippen LogP contribution >= 0.6 is 0 Å². The molecule has 2 aromatic rings. The quantitative estimate of drug-likeness (QED) is 0.679. The molecule has 1 saturated carbocycles. The van der Waals surface area contributed by atoms with E-state index < -0.39 is 40.8 Å². The molecule has 2 aromatic heterocycles. The minimum absolute atomic E-state index is 0.0309. The van der Waals surface area contributed by atoms with Gasteiger partial charge in [-0.15, -0.1) is 0 Å². The summed E-state index contributed by atoms with van der Waals surface area (Å²) in [6.45, 7) is 2.34. The zero-order valence-corrected chi connectivity index (χ0v) is 16.3. The number of hydrogen-bond donors (Lipinski definition) is 1. The Kier molecular flexibility index (Phi) is 5.83. The van der Waals surface area contributed by atoms with E-state index in [2.05, 4.69) is 15.4 Å². The van der Waals surface area contributed by atoms with Gasteiger partial charge in [-0.25, -0.2) is 13.2 Å². The SMILES string of the molecule is Cc1nccc(NC(=O)c2c(C(F)(F)F)c(C)nn2CC2CCC(F)(F)CC2)c1F. The highest BCUT2D eigenvalue weighted by atomic mass is 19.4. The van der Waals surface area contributed by atoms with Crippen LogP contribution in [0.5, 0.6) is 0 Å². The third-order valence-corrected chi connectivity index (χ3v) is 5.21. The molecule has 1 aliphatic rings. The third-order valence-electron chi connectivity index (χ3n) is 5.21. The van der Waals surface area contributed by atoms with Gasteiger partial charge >= 0.3 is 6.18 Å². The molecule has 1 aliphatic carbocycles. The Labute approximate surface area is 168 Å². The topological polar surface area (TPSA) is 59.8 Å². The van der Waals surface area contributed by atoms with E-state index in [1.165, 1.54) is 13.1 Å². The molecule has 11 heteroatoms. The second kappa shape index (κ2) is 7.92. The van der Waals surface area contributed by atoms with Gasteiger partial charge in [-0.1, -0.05) is 0 Å². The molecule has 2 heterocycles. The lowest BCUT2D eigenvalue weighted by Crippen LogP contribution is -2.29. The number of pyridine rings is 1. The van der Waals surface area contributed by atoms with E-state index in [0.717, 1.165) is 17.7 Å². The molecule has 0 unspecified atom stereocenters. The number of carbonyl (C=O) groups is 1. The van der Waals surface area contributed by atoms with Gasteiger partial charge in [0.25, 0.3) is 5.91 Å².